The highest BCUT2D eigenvalue weighted by atomic mass is 35.5. The van der Waals surface area contributed by atoms with Crippen molar-refractivity contribution < 1.29 is 0 Å². The summed E-state index contributed by atoms with van der Waals surface area (Å²) in [5.41, 5.74) is 2.91. The molecular weight excluding hydrogens is 266 g/mol. The lowest BCUT2D eigenvalue weighted by molar-refractivity contribution is 0.487. The summed E-state index contributed by atoms with van der Waals surface area (Å²) in [7, 11) is 0. The summed E-state index contributed by atoms with van der Waals surface area (Å²) >= 11 is 6.05. The molecule has 0 spiro atoms. The average molecular weight is 294 g/mol. The number of halogens is 1. The van der Waals surface area contributed by atoms with E-state index >= 15 is 0 Å². The van der Waals surface area contributed by atoms with Crippen molar-refractivity contribution in [1.29, 1.82) is 0 Å². The van der Waals surface area contributed by atoms with Gasteiger partial charge in [-0.3, -0.25) is 0 Å². The molecule has 20 heavy (non-hydrogen) atoms. The third-order valence-corrected chi connectivity index (χ3v) is 4.48. The van der Waals surface area contributed by atoms with Gasteiger partial charge in [0.2, 0.25) is 0 Å². The third-order valence-electron chi connectivity index (χ3n) is 4.24. The molecule has 0 amide bonds. The molecule has 112 valence electrons. The molecule has 0 saturated carbocycles. The minimum atomic E-state index is 0.624. The van der Waals surface area contributed by atoms with E-state index in [0.29, 0.717) is 6.04 Å². The molecule has 2 rings (SSSR count). The van der Waals surface area contributed by atoms with Crippen molar-refractivity contribution in [2.24, 2.45) is 5.92 Å². The Morgan fingerprint density at radius 2 is 1.85 bits per heavy atom. The van der Waals surface area contributed by atoms with Crippen LogP contribution in [0, 0.1) is 5.92 Å². The number of hydrogen-bond acceptors (Lipinski definition) is 1. The number of fused-ring (bicyclic) bond motifs is 1. The Morgan fingerprint density at radius 1 is 1.10 bits per heavy atom. The largest absolute Gasteiger partial charge is 0.313 e. The van der Waals surface area contributed by atoms with Gasteiger partial charge < -0.3 is 5.32 Å². The Labute approximate surface area is 129 Å². The number of rotatable bonds is 8. The van der Waals surface area contributed by atoms with E-state index in [1.54, 1.807) is 0 Å². The second kappa shape index (κ2) is 8.05. The summed E-state index contributed by atoms with van der Waals surface area (Å²) in [6, 6.07) is 6.95. The molecule has 1 aliphatic carbocycles. The van der Waals surface area contributed by atoms with E-state index in [9.17, 15) is 0 Å². The number of unbranched alkanes of at least 4 members (excludes halogenated alkanes) is 3. The summed E-state index contributed by atoms with van der Waals surface area (Å²) in [6.07, 6.45) is 9.15. The van der Waals surface area contributed by atoms with Gasteiger partial charge in [0.15, 0.2) is 0 Å². The molecule has 0 aromatic heterocycles. The lowest BCUT2D eigenvalue weighted by Gasteiger charge is -2.11. The molecule has 1 aromatic rings. The van der Waals surface area contributed by atoms with Crippen LogP contribution >= 0.6 is 11.6 Å². The molecule has 0 radical (unpaired) electrons. The molecule has 0 aliphatic heterocycles. The lowest BCUT2D eigenvalue weighted by Crippen LogP contribution is -2.30. The summed E-state index contributed by atoms with van der Waals surface area (Å²) in [4.78, 5) is 0. The SMILES string of the molecule is CC(C)CCCCCCNC1Cc2ccc(Cl)cc2C1. The lowest BCUT2D eigenvalue weighted by atomic mass is 10.0. The monoisotopic (exact) mass is 293 g/mol. The van der Waals surface area contributed by atoms with Crippen molar-refractivity contribution in [2.75, 3.05) is 6.54 Å². The molecule has 2 heteroatoms. The highest BCUT2D eigenvalue weighted by Gasteiger charge is 2.20. The maximum Gasteiger partial charge on any atom is 0.0408 e. The zero-order valence-electron chi connectivity index (χ0n) is 12.9. The van der Waals surface area contributed by atoms with Crippen LogP contribution in [0.15, 0.2) is 18.2 Å². The van der Waals surface area contributed by atoms with E-state index in [1.807, 2.05) is 6.07 Å². The Morgan fingerprint density at radius 3 is 2.65 bits per heavy atom. The normalized spacial score (nSPS) is 17.7. The van der Waals surface area contributed by atoms with Gasteiger partial charge in [0.05, 0.1) is 0 Å². The fraction of sp³-hybridized carbons (Fsp3) is 0.667. The minimum Gasteiger partial charge on any atom is -0.313 e. The molecule has 1 atom stereocenters. The number of benzene rings is 1. The van der Waals surface area contributed by atoms with E-state index in [-0.39, 0.29) is 0 Å². The van der Waals surface area contributed by atoms with Crippen molar-refractivity contribution in [2.45, 2.75) is 64.8 Å². The van der Waals surface area contributed by atoms with Crippen molar-refractivity contribution >= 4 is 11.6 Å². The first-order valence-electron chi connectivity index (χ1n) is 8.16. The maximum absolute atomic E-state index is 6.05. The van der Waals surface area contributed by atoms with Crippen molar-refractivity contribution in [3.63, 3.8) is 0 Å². The van der Waals surface area contributed by atoms with Crippen LogP contribution in [0.1, 0.15) is 57.1 Å². The van der Waals surface area contributed by atoms with Crippen LogP contribution in [0.25, 0.3) is 0 Å². The van der Waals surface area contributed by atoms with Crippen LogP contribution in [-0.2, 0) is 12.8 Å². The van der Waals surface area contributed by atoms with Gasteiger partial charge in [0.25, 0.3) is 0 Å². The highest BCUT2D eigenvalue weighted by Crippen LogP contribution is 2.25. The van der Waals surface area contributed by atoms with Gasteiger partial charge in [0, 0.05) is 11.1 Å². The van der Waals surface area contributed by atoms with Gasteiger partial charge in [-0.2, -0.15) is 0 Å². The summed E-state index contributed by atoms with van der Waals surface area (Å²) in [5.74, 6) is 0.858. The van der Waals surface area contributed by atoms with Crippen LogP contribution in [0.2, 0.25) is 5.02 Å². The standard InChI is InChI=1S/C18H28ClN/c1-14(2)7-5-3-4-6-10-20-18-12-15-8-9-17(19)11-16(15)13-18/h8-9,11,14,18,20H,3-7,10,12-13H2,1-2H3. The predicted octanol–water partition coefficient (Wildman–Crippen LogP) is 5.00. The fourth-order valence-corrected chi connectivity index (χ4v) is 3.26. The van der Waals surface area contributed by atoms with Gasteiger partial charge in [-0.25, -0.2) is 0 Å². The Bertz CT molecular complexity index is 414. The topological polar surface area (TPSA) is 12.0 Å². The van der Waals surface area contributed by atoms with Crippen LogP contribution in [-0.4, -0.2) is 12.6 Å². The highest BCUT2D eigenvalue weighted by molar-refractivity contribution is 6.30. The first-order chi connectivity index (χ1) is 9.65. The van der Waals surface area contributed by atoms with Gasteiger partial charge in [-0.15, -0.1) is 0 Å². The zero-order chi connectivity index (χ0) is 14.4. The quantitative estimate of drug-likeness (QED) is 0.665. The number of nitrogens with one attached hydrogen (secondary N) is 1. The van der Waals surface area contributed by atoms with E-state index in [2.05, 4.69) is 31.3 Å². The molecule has 0 saturated heterocycles. The molecule has 0 bridgehead atoms. The van der Waals surface area contributed by atoms with Crippen LogP contribution in [0.5, 0.6) is 0 Å². The maximum atomic E-state index is 6.05. The summed E-state index contributed by atoms with van der Waals surface area (Å²) < 4.78 is 0. The molecule has 1 aromatic carbocycles. The van der Waals surface area contributed by atoms with Gasteiger partial charge in [-0.05, 0) is 55.0 Å². The van der Waals surface area contributed by atoms with Crippen LogP contribution < -0.4 is 5.32 Å². The predicted molar refractivity (Wildman–Crippen MR) is 88.6 cm³/mol. The second-order valence-electron chi connectivity index (χ2n) is 6.57. The number of hydrogen-bond donors (Lipinski definition) is 1. The van der Waals surface area contributed by atoms with E-state index in [0.717, 1.165) is 23.9 Å². The molecule has 1 aliphatic rings. The smallest absolute Gasteiger partial charge is 0.0408 e. The third kappa shape index (κ3) is 5.10. The van der Waals surface area contributed by atoms with E-state index in [4.69, 9.17) is 11.6 Å². The van der Waals surface area contributed by atoms with Gasteiger partial charge >= 0.3 is 0 Å². The molecular formula is C18H28ClN. The summed E-state index contributed by atoms with van der Waals surface area (Å²) in [6.45, 7) is 5.78. The Hall–Kier alpha value is -0.530. The molecule has 1 N–H and O–H groups in total. The van der Waals surface area contributed by atoms with Gasteiger partial charge in [-0.1, -0.05) is 57.2 Å². The molecule has 1 nitrogen and oxygen atoms in total. The molecule has 0 heterocycles. The first kappa shape index (κ1) is 15.9. The Balaban J connectivity index is 1.56. The van der Waals surface area contributed by atoms with Crippen molar-refractivity contribution in [1.82, 2.24) is 5.32 Å². The van der Waals surface area contributed by atoms with Crippen molar-refractivity contribution in [3.8, 4) is 0 Å². The minimum absolute atomic E-state index is 0.624. The first-order valence-corrected chi connectivity index (χ1v) is 8.53. The van der Waals surface area contributed by atoms with E-state index in [1.165, 1.54) is 49.7 Å². The van der Waals surface area contributed by atoms with Gasteiger partial charge in [0.1, 0.15) is 0 Å². The zero-order valence-corrected chi connectivity index (χ0v) is 13.7. The van der Waals surface area contributed by atoms with E-state index < -0.39 is 0 Å². The molecule has 1 unspecified atom stereocenters. The fourth-order valence-electron chi connectivity index (χ4n) is 3.07. The second-order valence-corrected chi connectivity index (χ2v) is 7.01. The van der Waals surface area contributed by atoms with Crippen molar-refractivity contribution in [3.05, 3.63) is 34.3 Å². The van der Waals surface area contributed by atoms with Crippen LogP contribution in [0.4, 0.5) is 0 Å². The average Bonchev–Trinajstić information content (AvgIpc) is 2.79. The molecule has 0 fully saturated rings. The Kier molecular flexibility index (Phi) is 6.38. The summed E-state index contributed by atoms with van der Waals surface area (Å²) in [5, 5.41) is 4.57. The van der Waals surface area contributed by atoms with Crippen LogP contribution in [0.3, 0.4) is 0 Å².